The molecular weight excluding hydrogens is 389 g/mol. The van der Waals surface area contributed by atoms with Gasteiger partial charge in [-0.1, -0.05) is 17.3 Å². The van der Waals surface area contributed by atoms with Crippen LogP contribution in [0.2, 0.25) is 0 Å². The van der Waals surface area contributed by atoms with Crippen molar-refractivity contribution in [3.8, 4) is 11.4 Å². The number of nitrogens with zero attached hydrogens (tertiary/aromatic N) is 5. The first kappa shape index (κ1) is 19.2. The van der Waals surface area contributed by atoms with Crippen molar-refractivity contribution in [1.29, 1.82) is 0 Å². The van der Waals surface area contributed by atoms with E-state index in [1.54, 1.807) is 12.3 Å². The monoisotopic (exact) mass is 407 g/mol. The fourth-order valence-electron chi connectivity index (χ4n) is 2.92. The first-order chi connectivity index (χ1) is 14.6. The maximum Gasteiger partial charge on any atom is 0.298 e. The third-order valence-corrected chi connectivity index (χ3v) is 4.51. The minimum atomic E-state index is -0.545. The molecule has 0 atom stereocenters. The second-order valence-corrected chi connectivity index (χ2v) is 6.42. The highest BCUT2D eigenvalue weighted by Crippen LogP contribution is 2.22. The van der Waals surface area contributed by atoms with Crippen LogP contribution in [0.1, 0.15) is 11.4 Å². The van der Waals surface area contributed by atoms with Gasteiger partial charge in [-0.25, -0.2) is 9.37 Å². The number of anilines is 2. The Morgan fingerprint density at radius 3 is 2.70 bits per heavy atom. The van der Waals surface area contributed by atoms with E-state index in [2.05, 4.69) is 30.9 Å². The van der Waals surface area contributed by atoms with Crippen LogP contribution in [0.25, 0.3) is 5.69 Å². The summed E-state index contributed by atoms with van der Waals surface area (Å²) in [4.78, 5) is 16.9. The summed E-state index contributed by atoms with van der Waals surface area (Å²) in [6, 6.07) is 11.9. The lowest BCUT2D eigenvalue weighted by Gasteiger charge is -2.11. The molecule has 0 aliphatic rings. The van der Waals surface area contributed by atoms with Crippen LogP contribution in [-0.2, 0) is 12.8 Å². The molecule has 0 fully saturated rings. The number of methoxy groups -OCH3 is 1. The van der Waals surface area contributed by atoms with Crippen LogP contribution >= 0.6 is 0 Å². The Bertz CT molecular complexity index is 1190. The highest BCUT2D eigenvalue weighted by molar-refractivity contribution is 5.57. The maximum absolute atomic E-state index is 14.2. The molecular formula is C20H18FN7O2. The van der Waals surface area contributed by atoms with Gasteiger partial charge in [-0.15, -0.1) is 10.2 Å². The Kier molecular flexibility index (Phi) is 5.46. The Morgan fingerprint density at radius 1 is 1.17 bits per heavy atom. The number of tetrazole rings is 1. The van der Waals surface area contributed by atoms with E-state index in [1.165, 1.54) is 30.0 Å². The summed E-state index contributed by atoms with van der Waals surface area (Å²) in [5.74, 6) is 0.501. The highest BCUT2D eigenvalue weighted by atomic mass is 19.1. The summed E-state index contributed by atoms with van der Waals surface area (Å²) in [7, 11) is 1.45. The number of ether oxygens (including phenoxy) is 1. The molecule has 2 aromatic carbocycles. The zero-order valence-corrected chi connectivity index (χ0v) is 16.0. The third kappa shape index (κ3) is 4.17. The summed E-state index contributed by atoms with van der Waals surface area (Å²) in [6.07, 6.45) is 4.45. The van der Waals surface area contributed by atoms with Crippen LogP contribution in [-0.4, -0.2) is 37.3 Å². The van der Waals surface area contributed by atoms with Crippen LogP contribution in [0.15, 0.2) is 59.7 Å². The smallest absolute Gasteiger partial charge is 0.298 e. The lowest BCUT2D eigenvalue weighted by molar-refractivity contribution is 0.411. The fraction of sp³-hybridized carbons (Fsp3) is 0.150. The molecule has 2 heterocycles. The normalized spacial score (nSPS) is 10.7. The summed E-state index contributed by atoms with van der Waals surface area (Å²) in [5.41, 5.74) is 1.48. The molecule has 30 heavy (non-hydrogen) atoms. The van der Waals surface area contributed by atoms with Gasteiger partial charge in [-0.2, -0.15) is 5.21 Å². The van der Waals surface area contributed by atoms with Crippen molar-refractivity contribution in [3.05, 3.63) is 82.4 Å². The van der Waals surface area contributed by atoms with Crippen molar-refractivity contribution in [1.82, 2.24) is 30.2 Å². The summed E-state index contributed by atoms with van der Waals surface area (Å²) < 4.78 is 20.6. The van der Waals surface area contributed by atoms with E-state index in [1.807, 2.05) is 24.3 Å². The quantitative estimate of drug-likeness (QED) is 0.484. The van der Waals surface area contributed by atoms with E-state index in [0.29, 0.717) is 23.7 Å². The topological polar surface area (TPSA) is 111 Å². The number of nitrogens with one attached hydrogen (secondary N) is 2. The molecule has 2 aromatic heterocycles. The number of aryl methyl sites for hydroxylation is 2. The standard InChI is InChI=1S/C20H18FN7O2/c1-30-15-7-8-17(16(21)12-15)23-19-20(29)28(11-10-22-19)14-5-2-13(3-6-14)4-9-18-24-26-27-25-18/h2-3,5-8,10-12H,4,9H2,1H3,(H,22,23)(H,24,25,26,27). The summed E-state index contributed by atoms with van der Waals surface area (Å²) >= 11 is 0. The predicted octanol–water partition coefficient (Wildman–Crippen LogP) is 2.42. The molecule has 9 nitrogen and oxygen atoms in total. The molecule has 4 rings (SSSR count). The van der Waals surface area contributed by atoms with E-state index in [4.69, 9.17) is 4.74 Å². The van der Waals surface area contributed by atoms with Gasteiger partial charge in [0.15, 0.2) is 11.6 Å². The molecule has 0 spiro atoms. The van der Waals surface area contributed by atoms with Gasteiger partial charge in [0.25, 0.3) is 5.56 Å². The summed E-state index contributed by atoms with van der Waals surface area (Å²) in [5, 5.41) is 16.6. The average molecular weight is 407 g/mol. The number of aromatic nitrogens is 6. The second-order valence-electron chi connectivity index (χ2n) is 6.42. The Hall–Kier alpha value is -4.08. The van der Waals surface area contributed by atoms with Gasteiger partial charge in [0.05, 0.1) is 12.8 Å². The van der Waals surface area contributed by atoms with Gasteiger partial charge in [-0.3, -0.25) is 9.36 Å². The van der Waals surface area contributed by atoms with Gasteiger partial charge >= 0.3 is 0 Å². The van der Waals surface area contributed by atoms with Gasteiger partial charge < -0.3 is 10.1 Å². The molecule has 0 saturated heterocycles. The van der Waals surface area contributed by atoms with Gasteiger partial charge in [0, 0.05) is 30.6 Å². The number of hydrogen-bond donors (Lipinski definition) is 2. The van der Waals surface area contributed by atoms with Crippen molar-refractivity contribution in [2.45, 2.75) is 12.8 Å². The molecule has 4 aromatic rings. The lowest BCUT2D eigenvalue weighted by atomic mass is 10.1. The molecule has 0 bridgehead atoms. The van der Waals surface area contributed by atoms with E-state index in [-0.39, 0.29) is 11.5 Å². The van der Waals surface area contributed by atoms with Crippen molar-refractivity contribution in [2.24, 2.45) is 0 Å². The van der Waals surface area contributed by atoms with E-state index >= 15 is 0 Å². The molecule has 152 valence electrons. The van der Waals surface area contributed by atoms with Crippen molar-refractivity contribution in [3.63, 3.8) is 0 Å². The predicted molar refractivity (Wildman–Crippen MR) is 108 cm³/mol. The second kappa shape index (κ2) is 8.52. The maximum atomic E-state index is 14.2. The van der Waals surface area contributed by atoms with Crippen LogP contribution in [0.3, 0.4) is 0 Å². The molecule has 0 saturated carbocycles. The average Bonchev–Trinajstić information content (AvgIpc) is 3.29. The fourth-order valence-corrected chi connectivity index (χ4v) is 2.92. The van der Waals surface area contributed by atoms with Crippen LogP contribution in [0.4, 0.5) is 15.9 Å². The molecule has 10 heteroatoms. The number of H-pyrrole nitrogens is 1. The first-order valence-electron chi connectivity index (χ1n) is 9.14. The number of rotatable bonds is 7. The zero-order chi connectivity index (χ0) is 20.9. The minimum Gasteiger partial charge on any atom is -0.497 e. The lowest BCUT2D eigenvalue weighted by Crippen LogP contribution is -2.22. The Labute approximate surface area is 170 Å². The van der Waals surface area contributed by atoms with Gasteiger partial charge in [0.1, 0.15) is 11.6 Å². The third-order valence-electron chi connectivity index (χ3n) is 4.51. The molecule has 0 aliphatic carbocycles. The number of hydrogen-bond acceptors (Lipinski definition) is 7. The molecule has 0 amide bonds. The van der Waals surface area contributed by atoms with Crippen LogP contribution in [0, 0.1) is 5.82 Å². The first-order valence-corrected chi connectivity index (χ1v) is 9.14. The van der Waals surface area contributed by atoms with Crippen LogP contribution in [0.5, 0.6) is 5.75 Å². The number of aromatic amines is 1. The molecule has 0 radical (unpaired) electrons. The number of halogens is 1. The van der Waals surface area contributed by atoms with E-state index < -0.39 is 11.4 Å². The van der Waals surface area contributed by atoms with Crippen LogP contribution < -0.4 is 15.6 Å². The minimum absolute atomic E-state index is 0.0164. The molecule has 2 N–H and O–H groups in total. The Morgan fingerprint density at radius 2 is 2.00 bits per heavy atom. The van der Waals surface area contributed by atoms with Crippen molar-refractivity contribution < 1.29 is 9.13 Å². The van der Waals surface area contributed by atoms with Gasteiger partial charge in [-0.05, 0) is 36.2 Å². The van der Waals surface area contributed by atoms with Crippen molar-refractivity contribution in [2.75, 3.05) is 12.4 Å². The molecule has 0 aliphatic heterocycles. The number of benzene rings is 2. The zero-order valence-electron chi connectivity index (χ0n) is 16.0. The largest absolute Gasteiger partial charge is 0.497 e. The van der Waals surface area contributed by atoms with Crippen molar-refractivity contribution >= 4 is 11.5 Å². The van der Waals surface area contributed by atoms with E-state index in [9.17, 15) is 9.18 Å². The highest BCUT2D eigenvalue weighted by Gasteiger charge is 2.10. The summed E-state index contributed by atoms with van der Waals surface area (Å²) in [6.45, 7) is 0. The Balaban J connectivity index is 1.53. The molecule has 0 unspecified atom stereocenters. The van der Waals surface area contributed by atoms with E-state index in [0.717, 1.165) is 12.0 Å². The van der Waals surface area contributed by atoms with Gasteiger partial charge in [0.2, 0.25) is 0 Å². The SMILES string of the molecule is COc1ccc(Nc2nccn(-c3ccc(CCc4nn[nH]n4)cc3)c2=O)c(F)c1.